The third kappa shape index (κ3) is 7.04. The summed E-state index contributed by atoms with van der Waals surface area (Å²) in [5, 5.41) is 2.04. The maximum absolute atomic E-state index is 14.5. The highest BCUT2D eigenvalue weighted by atomic mass is 32.1. The first-order valence-electron chi connectivity index (χ1n) is 13.9. The minimum absolute atomic E-state index is 0.00829. The molecule has 1 saturated carbocycles. The van der Waals surface area contributed by atoms with Crippen LogP contribution >= 0.6 is 11.3 Å². The second kappa shape index (κ2) is 13.4. The van der Waals surface area contributed by atoms with Gasteiger partial charge in [-0.2, -0.15) is 0 Å². The van der Waals surface area contributed by atoms with Crippen LogP contribution in [-0.4, -0.2) is 34.2 Å². The summed E-state index contributed by atoms with van der Waals surface area (Å²) in [5.41, 5.74) is 3.01. The summed E-state index contributed by atoms with van der Waals surface area (Å²) in [6.45, 7) is 1.15. The minimum Gasteiger partial charge on any atom is -0.332 e. The molecule has 4 nitrogen and oxygen atoms in total. The number of amides is 2. The van der Waals surface area contributed by atoms with Gasteiger partial charge in [0, 0.05) is 17.5 Å². The molecule has 39 heavy (non-hydrogen) atoms. The van der Waals surface area contributed by atoms with Gasteiger partial charge in [-0.1, -0.05) is 116 Å². The molecule has 5 rings (SSSR count). The Morgan fingerprint density at radius 1 is 0.718 bits per heavy atom. The van der Waals surface area contributed by atoms with E-state index in [1.54, 1.807) is 11.3 Å². The molecule has 1 heterocycles. The average Bonchev–Trinajstić information content (AvgIpc) is 3.51. The summed E-state index contributed by atoms with van der Waals surface area (Å²) >= 11 is 1.66. The zero-order chi connectivity index (χ0) is 26.9. The van der Waals surface area contributed by atoms with E-state index in [-0.39, 0.29) is 24.4 Å². The van der Waals surface area contributed by atoms with Crippen LogP contribution in [0, 0.1) is 0 Å². The lowest BCUT2D eigenvalue weighted by Gasteiger charge is -2.37. The first kappa shape index (κ1) is 26.9. The maximum atomic E-state index is 14.5. The maximum Gasteiger partial charge on any atom is 0.242 e. The quantitative estimate of drug-likeness (QED) is 0.214. The van der Waals surface area contributed by atoms with E-state index in [0.717, 1.165) is 47.3 Å². The molecule has 3 aromatic carbocycles. The van der Waals surface area contributed by atoms with Crippen molar-refractivity contribution in [1.82, 2.24) is 9.80 Å². The summed E-state index contributed by atoms with van der Waals surface area (Å²) in [5.74, 6) is -0.434. The Balaban J connectivity index is 1.46. The standard InChI is InChI=1S/C34H36N2O2S/c37-32(35(25-31-22-13-23-39-31)24-27-14-5-1-6-15-27)26-36(30-20-11-4-12-21-30)34(38)33(28-16-7-2-8-17-28)29-18-9-3-10-19-29/h1-3,5-10,13-19,22-23,30,33H,4,11-12,20-21,24-26H2. The van der Waals surface area contributed by atoms with E-state index in [2.05, 4.69) is 18.2 Å². The predicted octanol–water partition coefficient (Wildman–Crippen LogP) is 7.27. The number of hydrogen-bond acceptors (Lipinski definition) is 3. The summed E-state index contributed by atoms with van der Waals surface area (Å²) in [4.78, 5) is 33.6. The first-order valence-corrected chi connectivity index (χ1v) is 14.8. The van der Waals surface area contributed by atoms with Gasteiger partial charge in [0.2, 0.25) is 11.8 Å². The van der Waals surface area contributed by atoms with Crippen molar-refractivity contribution >= 4 is 23.2 Å². The summed E-state index contributed by atoms with van der Waals surface area (Å²) in [7, 11) is 0. The molecule has 4 aromatic rings. The number of thiophene rings is 1. The molecule has 200 valence electrons. The Morgan fingerprint density at radius 3 is 1.87 bits per heavy atom. The lowest BCUT2D eigenvalue weighted by atomic mass is 9.87. The molecule has 0 aliphatic heterocycles. The fraction of sp³-hybridized carbons (Fsp3) is 0.294. The lowest BCUT2D eigenvalue weighted by Crippen LogP contribution is -2.49. The van der Waals surface area contributed by atoms with E-state index in [1.165, 1.54) is 6.42 Å². The largest absolute Gasteiger partial charge is 0.332 e. The van der Waals surface area contributed by atoms with Crippen molar-refractivity contribution in [3.8, 4) is 0 Å². The van der Waals surface area contributed by atoms with Crippen LogP contribution in [0.25, 0.3) is 0 Å². The molecule has 1 aliphatic rings. The average molecular weight is 537 g/mol. The molecular weight excluding hydrogens is 500 g/mol. The van der Waals surface area contributed by atoms with E-state index < -0.39 is 5.92 Å². The molecule has 0 unspecified atom stereocenters. The molecule has 0 saturated heterocycles. The van der Waals surface area contributed by atoms with Crippen LogP contribution in [0.2, 0.25) is 0 Å². The molecule has 1 fully saturated rings. The molecule has 2 amide bonds. The van der Waals surface area contributed by atoms with E-state index in [1.807, 2.05) is 100 Å². The number of hydrogen-bond donors (Lipinski definition) is 0. The van der Waals surface area contributed by atoms with E-state index in [0.29, 0.717) is 13.1 Å². The number of nitrogens with zero attached hydrogens (tertiary/aromatic N) is 2. The van der Waals surface area contributed by atoms with Gasteiger partial charge in [0.25, 0.3) is 0 Å². The van der Waals surface area contributed by atoms with Crippen LogP contribution < -0.4 is 0 Å². The zero-order valence-corrected chi connectivity index (χ0v) is 23.1. The second-order valence-electron chi connectivity index (χ2n) is 10.3. The zero-order valence-electron chi connectivity index (χ0n) is 22.3. The summed E-state index contributed by atoms with van der Waals surface area (Å²) in [6, 6.07) is 34.3. The highest BCUT2D eigenvalue weighted by Gasteiger charge is 2.34. The van der Waals surface area contributed by atoms with Gasteiger partial charge in [-0.05, 0) is 41.0 Å². The number of carbonyl (C=O) groups is 2. The molecule has 5 heteroatoms. The summed E-state index contributed by atoms with van der Waals surface area (Å²) < 4.78 is 0. The molecule has 0 bridgehead atoms. The van der Waals surface area contributed by atoms with Crippen LogP contribution in [0.15, 0.2) is 109 Å². The van der Waals surface area contributed by atoms with Crippen LogP contribution in [-0.2, 0) is 22.7 Å². The number of rotatable bonds is 10. The van der Waals surface area contributed by atoms with Gasteiger partial charge in [-0.25, -0.2) is 0 Å². The van der Waals surface area contributed by atoms with Crippen molar-refractivity contribution in [2.45, 2.75) is 57.2 Å². The van der Waals surface area contributed by atoms with Gasteiger partial charge in [0.1, 0.15) is 6.54 Å². The van der Waals surface area contributed by atoms with Gasteiger partial charge in [0.05, 0.1) is 12.5 Å². The highest BCUT2D eigenvalue weighted by molar-refractivity contribution is 7.09. The third-order valence-corrected chi connectivity index (χ3v) is 8.47. The Bertz CT molecular complexity index is 1260. The van der Waals surface area contributed by atoms with E-state index in [4.69, 9.17) is 0 Å². The molecule has 0 N–H and O–H groups in total. The normalized spacial score (nSPS) is 13.8. The van der Waals surface area contributed by atoms with Crippen LogP contribution in [0.3, 0.4) is 0 Å². The Morgan fingerprint density at radius 2 is 1.31 bits per heavy atom. The van der Waals surface area contributed by atoms with Crippen molar-refractivity contribution in [1.29, 1.82) is 0 Å². The van der Waals surface area contributed by atoms with Crippen molar-refractivity contribution in [2.24, 2.45) is 0 Å². The highest BCUT2D eigenvalue weighted by Crippen LogP contribution is 2.31. The fourth-order valence-corrected chi connectivity index (χ4v) is 6.31. The number of benzene rings is 3. The molecule has 0 spiro atoms. The predicted molar refractivity (Wildman–Crippen MR) is 158 cm³/mol. The molecule has 1 aliphatic carbocycles. The van der Waals surface area contributed by atoms with Gasteiger partial charge in [-0.3, -0.25) is 9.59 Å². The van der Waals surface area contributed by atoms with Crippen LogP contribution in [0.1, 0.15) is 59.6 Å². The molecular formula is C34H36N2O2S. The minimum atomic E-state index is -0.443. The van der Waals surface area contributed by atoms with Crippen molar-refractivity contribution in [3.63, 3.8) is 0 Å². The smallest absolute Gasteiger partial charge is 0.242 e. The topological polar surface area (TPSA) is 40.6 Å². The monoisotopic (exact) mass is 536 g/mol. The lowest BCUT2D eigenvalue weighted by molar-refractivity contribution is -0.144. The van der Waals surface area contributed by atoms with Crippen molar-refractivity contribution in [3.05, 3.63) is 130 Å². The molecule has 0 radical (unpaired) electrons. The van der Waals surface area contributed by atoms with Gasteiger partial charge in [-0.15, -0.1) is 11.3 Å². The summed E-state index contributed by atoms with van der Waals surface area (Å²) in [6.07, 6.45) is 5.25. The Kier molecular flexibility index (Phi) is 9.23. The van der Waals surface area contributed by atoms with Gasteiger partial charge < -0.3 is 9.80 Å². The van der Waals surface area contributed by atoms with Crippen molar-refractivity contribution in [2.75, 3.05) is 6.54 Å². The molecule has 1 aromatic heterocycles. The van der Waals surface area contributed by atoms with Crippen LogP contribution in [0.5, 0.6) is 0 Å². The van der Waals surface area contributed by atoms with Crippen LogP contribution in [0.4, 0.5) is 0 Å². The van der Waals surface area contributed by atoms with E-state index >= 15 is 0 Å². The van der Waals surface area contributed by atoms with E-state index in [9.17, 15) is 9.59 Å². The second-order valence-corrected chi connectivity index (χ2v) is 11.4. The third-order valence-electron chi connectivity index (χ3n) is 7.61. The van der Waals surface area contributed by atoms with Gasteiger partial charge >= 0.3 is 0 Å². The SMILES string of the molecule is O=C(CN(C(=O)C(c1ccccc1)c1ccccc1)C1CCCCC1)N(Cc1ccccc1)Cc1cccs1. The number of carbonyl (C=O) groups excluding carboxylic acids is 2. The van der Waals surface area contributed by atoms with Gasteiger partial charge in [0.15, 0.2) is 0 Å². The fourth-order valence-electron chi connectivity index (χ4n) is 5.59. The van der Waals surface area contributed by atoms with Crippen molar-refractivity contribution < 1.29 is 9.59 Å². The Hall–Kier alpha value is -3.70. The Labute approximate surface area is 235 Å². The first-order chi connectivity index (χ1) is 19.2. The molecule has 0 atom stereocenters.